The first-order valence-corrected chi connectivity index (χ1v) is 7.51. The minimum Gasteiger partial charge on any atom is -0.447 e. The highest BCUT2D eigenvalue weighted by molar-refractivity contribution is 5.94. The molecule has 0 unspecified atom stereocenters. The monoisotopic (exact) mass is 303 g/mol. The van der Waals surface area contributed by atoms with Crippen molar-refractivity contribution in [2.24, 2.45) is 0 Å². The second-order valence-electron chi connectivity index (χ2n) is 6.11. The summed E-state index contributed by atoms with van der Waals surface area (Å²) in [4.78, 5) is 29.7. The molecular weight excluding hydrogens is 282 g/mol. The van der Waals surface area contributed by atoms with E-state index in [1.54, 1.807) is 4.90 Å². The molecule has 0 radical (unpaired) electrons. The number of piperazine rings is 1. The van der Waals surface area contributed by atoms with Gasteiger partial charge in [0.2, 0.25) is 0 Å². The molecule has 1 atom stereocenters. The molecule has 2 heterocycles. The summed E-state index contributed by atoms with van der Waals surface area (Å²) in [6, 6.07) is 7.74. The van der Waals surface area contributed by atoms with Gasteiger partial charge in [-0.1, -0.05) is 12.1 Å². The van der Waals surface area contributed by atoms with Gasteiger partial charge >= 0.3 is 6.09 Å². The Morgan fingerprint density at radius 2 is 2.00 bits per heavy atom. The molecule has 2 fully saturated rings. The predicted molar refractivity (Wildman–Crippen MR) is 81.6 cm³/mol. The topological polar surface area (TPSA) is 53.1 Å². The van der Waals surface area contributed by atoms with E-state index in [-0.39, 0.29) is 18.0 Å². The summed E-state index contributed by atoms with van der Waals surface area (Å²) in [5, 5.41) is 0. The van der Waals surface area contributed by atoms with Gasteiger partial charge in [0.1, 0.15) is 6.61 Å². The van der Waals surface area contributed by atoms with Gasteiger partial charge in [0, 0.05) is 31.7 Å². The van der Waals surface area contributed by atoms with E-state index < -0.39 is 0 Å². The smallest absolute Gasteiger partial charge is 0.410 e. The maximum Gasteiger partial charge on any atom is 0.410 e. The van der Waals surface area contributed by atoms with E-state index in [0.29, 0.717) is 31.8 Å². The minimum absolute atomic E-state index is 0.00165. The standard InChI is InChI=1S/C16H21N3O3/c1-17(2)9-12-3-5-13(6-4-12)15(20)18-7-8-19-14(10-18)11-22-16(19)21/h3-6,14H,7-11H2,1-2H3/t14-/m1/s1. The average molecular weight is 303 g/mol. The summed E-state index contributed by atoms with van der Waals surface area (Å²) in [5.41, 5.74) is 1.88. The van der Waals surface area contributed by atoms with E-state index >= 15 is 0 Å². The maximum atomic E-state index is 12.6. The summed E-state index contributed by atoms with van der Waals surface area (Å²) < 4.78 is 5.03. The number of carbonyl (C=O) groups excluding carboxylic acids is 2. The van der Waals surface area contributed by atoms with Crippen LogP contribution in [-0.2, 0) is 11.3 Å². The second-order valence-corrected chi connectivity index (χ2v) is 6.11. The van der Waals surface area contributed by atoms with Crippen LogP contribution in [0.25, 0.3) is 0 Å². The highest BCUT2D eigenvalue weighted by Gasteiger charge is 2.38. The molecule has 0 N–H and O–H groups in total. The van der Waals surface area contributed by atoms with Gasteiger partial charge in [0.05, 0.1) is 6.04 Å². The third kappa shape index (κ3) is 2.92. The summed E-state index contributed by atoms with van der Waals surface area (Å²) in [7, 11) is 4.03. The van der Waals surface area contributed by atoms with Crippen molar-refractivity contribution in [3.8, 4) is 0 Å². The molecule has 0 saturated carbocycles. The zero-order valence-corrected chi connectivity index (χ0v) is 13.0. The zero-order chi connectivity index (χ0) is 15.7. The van der Waals surface area contributed by atoms with Crippen LogP contribution in [0.2, 0.25) is 0 Å². The molecule has 1 aromatic carbocycles. The van der Waals surface area contributed by atoms with Crippen LogP contribution in [0.15, 0.2) is 24.3 Å². The molecule has 0 bridgehead atoms. The van der Waals surface area contributed by atoms with Crippen molar-refractivity contribution in [1.29, 1.82) is 0 Å². The molecule has 0 aromatic heterocycles. The van der Waals surface area contributed by atoms with Crippen LogP contribution in [-0.4, -0.2) is 73.1 Å². The quantitative estimate of drug-likeness (QED) is 0.837. The van der Waals surface area contributed by atoms with E-state index in [4.69, 9.17) is 4.74 Å². The molecule has 2 aliphatic heterocycles. The summed E-state index contributed by atoms with van der Waals surface area (Å²) in [6.45, 7) is 2.89. The number of nitrogens with zero attached hydrogens (tertiary/aromatic N) is 3. The summed E-state index contributed by atoms with van der Waals surface area (Å²) in [6.07, 6.45) is -0.259. The van der Waals surface area contributed by atoms with Crippen LogP contribution in [0.4, 0.5) is 4.79 Å². The SMILES string of the molecule is CN(C)Cc1ccc(C(=O)N2CCN3C(=O)OC[C@H]3C2)cc1. The Balaban J connectivity index is 1.65. The number of ether oxygens (including phenoxy) is 1. The van der Waals surface area contributed by atoms with Crippen molar-refractivity contribution in [3.63, 3.8) is 0 Å². The van der Waals surface area contributed by atoms with E-state index in [2.05, 4.69) is 4.90 Å². The second kappa shape index (κ2) is 5.96. The molecule has 2 aliphatic rings. The molecule has 118 valence electrons. The first kappa shape index (κ1) is 14.8. The Labute approximate surface area is 130 Å². The van der Waals surface area contributed by atoms with E-state index in [1.807, 2.05) is 43.3 Å². The number of hydrogen-bond donors (Lipinski definition) is 0. The Bertz CT molecular complexity index is 571. The van der Waals surface area contributed by atoms with Crippen LogP contribution >= 0.6 is 0 Å². The molecule has 6 nitrogen and oxygen atoms in total. The average Bonchev–Trinajstić information content (AvgIpc) is 2.88. The lowest BCUT2D eigenvalue weighted by Crippen LogP contribution is -2.53. The van der Waals surface area contributed by atoms with Crippen molar-refractivity contribution in [2.45, 2.75) is 12.6 Å². The molecule has 0 aliphatic carbocycles. The Morgan fingerprint density at radius 3 is 2.68 bits per heavy atom. The number of amides is 2. The summed E-state index contributed by atoms with van der Waals surface area (Å²) >= 11 is 0. The Morgan fingerprint density at radius 1 is 1.27 bits per heavy atom. The van der Waals surface area contributed by atoms with Crippen molar-refractivity contribution in [3.05, 3.63) is 35.4 Å². The van der Waals surface area contributed by atoms with Crippen LogP contribution in [0.1, 0.15) is 15.9 Å². The Kier molecular flexibility index (Phi) is 4.02. The normalized spacial score (nSPS) is 21.0. The van der Waals surface area contributed by atoms with Crippen LogP contribution < -0.4 is 0 Å². The molecule has 3 rings (SSSR count). The lowest BCUT2D eigenvalue weighted by molar-refractivity contribution is 0.0617. The fraction of sp³-hybridized carbons (Fsp3) is 0.500. The third-order valence-corrected chi connectivity index (χ3v) is 4.10. The molecule has 2 amide bonds. The number of hydrogen-bond acceptors (Lipinski definition) is 4. The molecule has 0 spiro atoms. The minimum atomic E-state index is -0.259. The van der Waals surface area contributed by atoms with Crippen molar-refractivity contribution >= 4 is 12.0 Å². The van der Waals surface area contributed by atoms with Gasteiger partial charge in [0.15, 0.2) is 0 Å². The number of rotatable bonds is 3. The zero-order valence-electron chi connectivity index (χ0n) is 13.0. The molecule has 1 aromatic rings. The van der Waals surface area contributed by atoms with Crippen molar-refractivity contribution in [2.75, 3.05) is 40.3 Å². The van der Waals surface area contributed by atoms with Crippen LogP contribution in [0.5, 0.6) is 0 Å². The van der Waals surface area contributed by atoms with Gasteiger partial charge in [-0.15, -0.1) is 0 Å². The first-order chi connectivity index (χ1) is 10.5. The Hall–Kier alpha value is -2.08. The van der Waals surface area contributed by atoms with E-state index in [0.717, 1.165) is 6.54 Å². The number of benzene rings is 1. The van der Waals surface area contributed by atoms with Crippen molar-refractivity contribution < 1.29 is 14.3 Å². The van der Waals surface area contributed by atoms with E-state index in [1.165, 1.54) is 5.56 Å². The maximum absolute atomic E-state index is 12.6. The predicted octanol–water partition coefficient (Wildman–Crippen LogP) is 1.02. The molecular formula is C16H21N3O3. The third-order valence-electron chi connectivity index (χ3n) is 4.10. The van der Waals surface area contributed by atoms with Gasteiger partial charge in [-0.25, -0.2) is 4.79 Å². The molecule has 22 heavy (non-hydrogen) atoms. The highest BCUT2D eigenvalue weighted by Crippen LogP contribution is 2.19. The van der Waals surface area contributed by atoms with E-state index in [9.17, 15) is 9.59 Å². The van der Waals surface area contributed by atoms with Gasteiger partial charge in [0.25, 0.3) is 5.91 Å². The highest BCUT2D eigenvalue weighted by atomic mass is 16.6. The number of cyclic esters (lactones) is 1. The van der Waals surface area contributed by atoms with Gasteiger partial charge in [-0.05, 0) is 31.8 Å². The van der Waals surface area contributed by atoms with Crippen LogP contribution in [0.3, 0.4) is 0 Å². The largest absolute Gasteiger partial charge is 0.447 e. The van der Waals surface area contributed by atoms with Crippen LogP contribution in [0, 0.1) is 0 Å². The lowest BCUT2D eigenvalue weighted by Gasteiger charge is -2.35. The van der Waals surface area contributed by atoms with Gasteiger partial charge < -0.3 is 14.5 Å². The molecule has 2 saturated heterocycles. The van der Waals surface area contributed by atoms with Gasteiger partial charge in [-0.3, -0.25) is 9.69 Å². The lowest BCUT2D eigenvalue weighted by atomic mass is 10.1. The number of carbonyl (C=O) groups is 2. The summed E-state index contributed by atoms with van der Waals surface area (Å²) in [5.74, 6) is 0.0235. The fourth-order valence-electron chi connectivity index (χ4n) is 2.97. The first-order valence-electron chi connectivity index (χ1n) is 7.51. The fourth-order valence-corrected chi connectivity index (χ4v) is 2.97. The molecule has 6 heteroatoms. The van der Waals surface area contributed by atoms with Crippen molar-refractivity contribution in [1.82, 2.24) is 14.7 Å². The number of fused-ring (bicyclic) bond motifs is 1. The van der Waals surface area contributed by atoms with Gasteiger partial charge in [-0.2, -0.15) is 0 Å².